The summed E-state index contributed by atoms with van der Waals surface area (Å²) in [5.41, 5.74) is 4.12. The monoisotopic (exact) mass is 453 g/mol. The van der Waals surface area contributed by atoms with E-state index < -0.39 is 10.0 Å². The van der Waals surface area contributed by atoms with Crippen LogP contribution in [-0.2, 0) is 22.2 Å². The second-order valence-corrected chi connectivity index (χ2v) is 10.1. The molecule has 0 amide bonds. The van der Waals surface area contributed by atoms with E-state index in [1.807, 2.05) is 19.1 Å². The van der Waals surface area contributed by atoms with Crippen LogP contribution in [0.2, 0.25) is 0 Å². The summed E-state index contributed by atoms with van der Waals surface area (Å²) in [6, 6.07) is 19.0. The summed E-state index contributed by atoms with van der Waals surface area (Å²) in [6.07, 6.45) is 0.380. The molecule has 1 N–H and O–H groups in total. The van der Waals surface area contributed by atoms with Crippen molar-refractivity contribution in [3.8, 4) is 0 Å². The number of aryl methyl sites for hydroxylation is 2. The van der Waals surface area contributed by atoms with Crippen LogP contribution in [0.3, 0.4) is 0 Å². The summed E-state index contributed by atoms with van der Waals surface area (Å²) in [7, 11) is -3.57. The first-order valence-electron chi connectivity index (χ1n) is 9.87. The number of thioether (sulfide) groups is 1. The first-order valence-corrected chi connectivity index (χ1v) is 12.3. The quantitative estimate of drug-likeness (QED) is 0.411. The Labute approximate surface area is 186 Å². The average Bonchev–Trinajstić information content (AvgIpc) is 3.15. The molecule has 0 atom stereocenters. The molecule has 0 aliphatic heterocycles. The van der Waals surface area contributed by atoms with Gasteiger partial charge in [0, 0.05) is 18.7 Å². The molecule has 9 heteroatoms. The molecular formula is C22H23N5O2S2. The lowest BCUT2D eigenvalue weighted by Crippen LogP contribution is -2.26. The van der Waals surface area contributed by atoms with E-state index in [0.29, 0.717) is 17.9 Å². The number of benzene rings is 2. The molecule has 0 aliphatic rings. The lowest BCUT2D eigenvalue weighted by molar-refractivity contribution is 0.580. The zero-order valence-corrected chi connectivity index (χ0v) is 18.9. The van der Waals surface area contributed by atoms with Crippen molar-refractivity contribution in [3.05, 3.63) is 83.2 Å². The van der Waals surface area contributed by atoms with Crippen LogP contribution in [0.1, 0.15) is 22.5 Å². The van der Waals surface area contributed by atoms with Gasteiger partial charge in [-0.15, -0.1) is 10.2 Å². The van der Waals surface area contributed by atoms with E-state index in [0.717, 1.165) is 16.3 Å². The molecule has 2 aromatic carbocycles. The fourth-order valence-corrected chi connectivity index (χ4v) is 4.94. The molecule has 0 radical (unpaired) electrons. The Morgan fingerprint density at radius 3 is 2.55 bits per heavy atom. The number of aromatic nitrogens is 4. The van der Waals surface area contributed by atoms with Crippen LogP contribution in [-0.4, -0.2) is 34.8 Å². The molecule has 2 heterocycles. The highest BCUT2D eigenvalue weighted by molar-refractivity contribution is 7.98. The van der Waals surface area contributed by atoms with Crippen LogP contribution in [0.15, 0.2) is 70.6 Å². The number of nitrogens with zero attached hydrogens (tertiary/aromatic N) is 4. The maximum atomic E-state index is 12.5. The van der Waals surface area contributed by atoms with E-state index in [9.17, 15) is 8.42 Å². The van der Waals surface area contributed by atoms with Crippen molar-refractivity contribution in [2.45, 2.75) is 35.9 Å². The number of fused-ring (bicyclic) bond motifs is 1. The predicted octanol–water partition coefficient (Wildman–Crippen LogP) is 3.55. The number of hydrogen-bond donors (Lipinski definition) is 1. The number of nitrogens with one attached hydrogen (secondary N) is 1. The van der Waals surface area contributed by atoms with Gasteiger partial charge in [-0.1, -0.05) is 59.3 Å². The molecule has 0 fully saturated rings. The highest BCUT2D eigenvalue weighted by Gasteiger charge is 2.14. The molecule has 0 spiro atoms. The molecule has 2 aromatic heterocycles. The number of rotatable bonds is 8. The molecule has 0 unspecified atom stereocenters. The molecule has 160 valence electrons. The fraction of sp³-hybridized carbons (Fsp3) is 0.227. The van der Waals surface area contributed by atoms with Gasteiger partial charge in [-0.05, 0) is 43.7 Å². The van der Waals surface area contributed by atoms with Crippen molar-refractivity contribution in [1.82, 2.24) is 24.5 Å². The first-order chi connectivity index (χ1) is 14.9. The highest BCUT2D eigenvalue weighted by atomic mass is 32.2. The SMILES string of the molecule is Cc1ccc(S(=O)(=O)NCCc2nnc3ccc(SCc4cccc(C)c4)nn23)cc1. The molecule has 4 rings (SSSR count). The third-order valence-corrected chi connectivity index (χ3v) is 7.21. The largest absolute Gasteiger partial charge is 0.240 e. The minimum atomic E-state index is -3.57. The van der Waals surface area contributed by atoms with Gasteiger partial charge < -0.3 is 0 Å². The van der Waals surface area contributed by atoms with E-state index in [2.05, 4.69) is 51.2 Å². The molecule has 0 saturated heterocycles. The van der Waals surface area contributed by atoms with E-state index >= 15 is 0 Å². The van der Waals surface area contributed by atoms with Gasteiger partial charge in [-0.3, -0.25) is 0 Å². The third kappa shape index (κ3) is 5.30. The summed E-state index contributed by atoms with van der Waals surface area (Å²) in [5, 5.41) is 13.8. The van der Waals surface area contributed by atoms with Crippen molar-refractivity contribution in [2.24, 2.45) is 0 Å². The Bertz CT molecular complexity index is 1300. The zero-order valence-electron chi connectivity index (χ0n) is 17.3. The topological polar surface area (TPSA) is 89.2 Å². The molecule has 4 aromatic rings. The van der Waals surface area contributed by atoms with Gasteiger partial charge in [0.05, 0.1) is 4.90 Å². The normalized spacial score (nSPS) is 11.8. The Kier molecular flexibility index (Phi) is 6.35. The maximum absolute atomic E-state index is 12.5. The van der Waals surface area contributed by atoms with Crippen LogP contribution in [0.25, 0.3) is 5.65 Å². The van der Waals surface area contributed by atoms with E-state index in [1.54, 1.807) is 40.5 Å². The van der Waals surface area contributed by atoms with E-state index in [1.165, 1.54) is 11.1 Å². The highest BCUT2D eigenvalue weighted by Crippen LogP contribution is 2.21. The summed E-state index contributed by atoms with van der Waals surface area (Å²) in [4.78, 5) is 0.247. The Balaban J connectivity index is 1.42. The third-order valence-electron chi connectivity index (χ3n) is 4.74. The van der Waals surface area contributed by atoms with Gasteiger partial charge in [0.1, 0.15) is 5.03 Å². The lowest BCUT2D eigenvalue weighted by atomic mass is 10.2. The van der Waals surface area contributed by atoms with Crippen LogP contribution in [0, 0.1) is 13.8 Å². The lowest BCUT2D eigenvalue weighted by Gasteiger charge is -2.07. The fourth-order valence-electron chi connectivity index (χ4n) is 3.11. The van der Waals surface area contributed by atoms with Crippen molar-refractivity contribution >= 4 is 27.4 Å². The van der Waals surface area contributed by atoms with Crippen LogP contribution < -0.4 is 4.72 Å². The molecule has 7 nitrogen and oxygen atoms in total. The molecule has 0 aliphatic carbocycles. The summed E-state index contributed by atoms with van der Waals surface area (Å²) < 4.78 is 29.2. The van der Waals surface area contributed by atoms with Gasteiger partial charge in [0.25, 0.3) is 0 Å². The second kappa shape index (κ2) is 9.17. The predicted molar refractivity (Wildman–Crippen MR) is 122 cm³/mol. The second-order valence-electron chi connectivity index (χ2n) is 7.30. The summed E-state index contributed by atoms with van der Waals surface area (Å²) >= 11 is 1.64. The smallest absolute Gasteiger partial charge is 0.211 e. The molecule has 31 heavy (non-hydrogen) atoms. The van der Waals surface area contributed by atoms with Crippen LogP contribution in [0.4, 0.5) is 0 Å². The van der Waals surface area contributed by atoms with Crippen LogP contribution >= 0.6 is 11.8 Å². The molecule has 0 bridgehead atoms. The summed E-state index contributed by atoms with van der Waals surface area (Å²) in [5.74, 6) is 1.42. The molecular weight excluding hydrogens is 430 g/mol. The maximum Gasteiger partial charge on any atom is 0.240 e. The Morgan fingerprint density at radius 2 is 1.77 bits per heavy atom. The Morgan fingerprint density at radius 1 is 0.968 bits per heavy atom. The number of hydrogen-bond acceptors (Lipinski definition) is 6. The van der Waals surface area contributed by atoms with Gasteiger partial charge >= 0.3 is 0 Å². The molecule has 0 saturated carbocycles. The minimum absolute atomic E-state index is 0.208. The van der Waals surface area contributed by atoms with Crippen molar-refractivity contribution in [2.75, 3.05) is 6.54 Å². The van der Waals surface area contributed by atoms with Crippen molar-refractivity contribution in [3.63, 3.8) is 0 Å². The first kappa shape index (κ1) is 21.5. The van der Waals surface area contributed by atoms with Crippen molar-refractivity contribution in [1.29, 1.82) is 0 Å². The van der Waals surface area contributed by atoms with Gasteiger partial charge in [0.2, 0.25) is 10.0 Å². The minimum Gasteiger partial charge on any atom is -0.211 e. The van der Waals surface area contributed by atoms with E-state index in [-0.39, 0.29) is 11.4 Å². The van der Waals surface area contributed by atoms with E-state index in [4.69, 9.17) is 0 Å². The zero-order chi connectivity index (χ0) is 21.8. The summed E-state index contributed by atoms with van der Waals surface area (Å²) in [6.45, 7) is 4.20. The number of sulfonamides is 1. The standard InChI is InChI=1S/C22H23N5O2S2/c1-16-6-8-19(9-7-16)31(28,29)23-13-12-21-25-24-20-10-11-22(26-27(20)21)30-15-18-5-3-4-17(2)14-18/h3-11,14,23H,12-13,15H2,1-2H3. The van der Waals surface area contributed by atoms with Gasteiger partial charge in [-0.2, -0.15) is 9.61 Å². The van der Waals surface area contributed by atoms with Gasteiger partial charge in [0.15, 0.2) is 11.5 Å². The van der Waals surface area contributed by atoms with Crippen molar-refractivity contribution < 1.29 is 8.42 Å². The van der Waals surface area contributed by atoms with Gasteiger partial charge in [-0.25, -0.2) is 13.1 Å². The average molecular weight is 454 g/mol. The Hall–Kier alpha value is -2.75. The van der Waals surface area contributed by atoms with Crippen LogP contribution in [0.5, 0.6) is 0 Å².